The van der Waals surface area contributed by atoms with E-state index in [0.29, 0.717) is 17.1 Å². The van der Waals surface area contributed by atoms with Gasteiger partial charge in [-0.2, -0.15) is 5.10 Å². The number of nitrogens with one attached hydrogen (secondary N) is 1. The van der Waals surface area contributed by atoms with Crippen LogP contribution in [-0.4, -0.2) is 16.3 Å². The molecule has 1 unspecified atom stereocenters. The van der Waals surface area contributed by atoms with E-state index >= 15 is 0 Å². The number of benzene rings is 1. The van der Waals surface area contributed by atoms with Crippen LogP contribution in [0.15, 0.2) is 18.2 Å². The van der Waals surface area contributed by atoms with Gasteiger partial charge in [0.25, 0.3) is 0 Å². The van der Waals surface area contributed by atoms with Crippen LogP contribution in [0.3, 0.4) is 0 Å². The highest BCUT2D eigenvalue weighted by molar-refractivity contribution is 6.30. The largest absolute Gasteiger partial charge is 0.310 e. The van der Waals surface area contributed by atoms with Crippen molar-refractivity contribution in [2.75, 3.05) is 6.54 Å². The molecule has 3 nitrogen and oxygen atoms in total. The second-order valence-corrected chi connectivity index (χ2v) is 5.69. The third kappa shape index (κ3) is 3.44. The molecule has 0 aliphatic heterocycles. The van der Waals surface area contributed by atoms with Crippen molar-refractivity contribution in [3.63, 3.8) is 0 Å². The summed E-state index contributed by atoms with van der Waals surface area (Å²) in [6.45, 7) is 9.52. The van der Waals surface area contributed by atoms with Crippen LogP contribution in [0, 0.1) is 19.7 Å². The van der Waals surface area contributed by atoms with E-state index in [1.807, 2.05) is 18.5 Å². The zero-order valence-corrected chi connectivity index (χ0v) is 13.6. The quantitative estimate of drug-likeness (QED) is 0.904. The third-order valence-electron chi connectivity index (χ3n) is 3.72. The lowest BCUT2D eigenvalue weighted by molar-refractivity contribution is 0.573. The summed E-state index contributed by atoms with van der Waals surface area (Å²) in [5, 5.41) is 8.35. The molecule has 2 rings (SSSR count). The van der Waals surface area contributed by atoms with E-state index in [1.54, 1.807) is 12.1 Å². The zero-order chi connectivity index (χ0) is 15.6. The van der Waals surface area contributed by atoms with Crippen molar-refractivity contribution in [3.05, 3.63) is 51.6 Å². The molecule has 0 radical (unpaired) electrons. The van der Waals surface area contributed by atoms with E-state index in [4.69, 9.17) is 11.6 Å². The van der Waals surface area contributed by atoms with E-state index in [2.05, 4.69) is 24.3 Å². The Morgan fingerprint density at radius 2 is 2.10 bits per heavy atom. The average molecular weight is 310 g/mol. The van der Waals surface area contributed by atoms with Crippen molar-refractivity contribution in [1.29, 1.82) is 0 Å². The van der Waals surface area contributed by atoms with Crippen molar-refractivity contribution in [2.24, 2.45) is 0 Å². The van der Waals surface area contributed by atoms with Gasteiger partial charge < -0.3 is 5.32 Å². The molecule has 0 aliphatic rings. The molecule has 0 bridgehead atoms. The average Bonchev–Trinajstić information content (AvgIpc) is 2.68. The van der Waals surface area contributed by atoms with Crippen LogP contribution in [0.25, 0.3) is 0 Å². The van der Waals surface area contributed by atoms with Crippen molar-refractivity contribution in [1.82, 2.24) is 15.1 Å². The molecule has 1 N–H and O–H groups in total. The van der Waals surface area contributed by atoms with Crippen LogP contribution >= 0.6 is 11.6 Å². The Hall–Kier alpha value is -1.39. The topological polar surface area (TPSA) is 29.9 Å². The molecule has 0 saturated heterocycles. The molecule has 0 amide bonds. The van der Waals surface area contributed by atoms with Gasteiger partial charge in [-0.15, -0.1) is 0 Å². The first-order valence-corrected chi connectivity index (χ1v) is 7.53. The fraction of sp³-hybridized carbons (Fsp3) is 0.438. The lowest BCUT2D eigenvalue weighted by Crippen LogP contribution is -2.19. The highest BCUT2D eigenvalue weighted by Gasteiger charge is 2.17. The molecule has 114 valence electrons. The minimum absolute atomic E-state index is 0.235. The van der Waals surface area contributed by atoms with Gasteiger partial charge in [-0.25, -0.2) is 4.39 Å². The normalized spacial score (nSPS) is 12.7. The molecule has 0 fully saturated rings. The maximum absolute atomic E-state index is 13.9. The number of aryl methyl sites for hydroxylation is 1. The second kappa shape index (κ2) is 6.58. The molecule has 0 spiro atoms. The van der Waals surface area contributed by atoms with E-state index < -0.39 is 0 Å². The molecular weight excluding hydrogens is 289 g/mol. The molecule has 21 heavy (non-hydrogen) atoms. The van der Waals surface area contributed by atoms with Gasteiger partial charge in [0, 0.05) is 27.9 Å². The molecule has 0 aliphatic carbocycles. The van der Waals surface area contributed by atoms with Crippen LogP contribution in [0.4, 0.5) is 4.39 Å². The summed E-state index contributed by atoms with van der Waals surface area (Å²) in [6, 6.07) is 4.99. The van der Waals surface area contributed by atoms with Crippen molar-refractivity contribution in [3.8, 4) is 0 Å². The van der Waals surface area contributed by atoms with Gasteiger partial charge >= 0.3 is 0 Å². The van der Waals surface area contributed by atoms with Crippen molar-refractivity contribution < 1.29 is 4.39 Å². The van der Waals surface area contributed by atoms with Crippen LogP contribution < -0.4 is 5.32 Å². The fourth-order valence-corrected chi connectivity index (χ4v) is 2.87. The van der Waals surface area contributed by atoms with Gasteiger partial charge in [-0.1, -0.05) is 24.6 Å². The molecule has 1 aromatic heterocycles. The summed E-state index contributed by atoms with van der Waals surface area (Å²) in [5.74, 6) is -0.295. The van der Waals surface area contributed by atoms with E-state index in [9.17, 15) is 4.39 Å². The SMILES string of the molecule is CCNC(C)c1c(C)nn(Cc2ccc(Cl)cc2F)c1C. The predicted molar refractivity (Wildman–Crippen MR) is 84.3 cm³/mol. The standard InChI is InChI=1S/C16H21ClFN3/c1-5-19-10(2)16-11(3)20-21(12(16)4)9-13-6-7-14(17)8-15(13)18/h6-8,10,19H,5,9H2,1-4H3. The smallest absolute Gasteiger partial charge is 0.129 e. The number of nitrogens with zero attached hydrogens (tertiary/aromatic N) is 2. The number of rotatable bonds is 5. The first kappa shape index (κ1) is 16.0. The zero-order valence-electron chi connectivity index (χ0n) is 12.9. The van der Waals surface area contributed by atoms with Gasteiger partial charge in [-0.05, 0) is 39.4 Å². The molecule has 1 aromatic carbocycles. The molecule has 0 saturated carbocycles. The van der Waals surface area contributed by atoms with Crippen molar-refractivity contribution in [2.45, 2.75) is 40.3 Å². The maximum Gasteiger partial charge on any atom is 0.129 e. The highest BCUT2D eigenvalue weighted by Crippen LogP contribution is 2.23. The summed E-state index contributed by atoms with van der Waals surface area (Å²) < 4.78 is 15.8. The summed E-state index contributed by atoms with van der Waals surface area (Å²) in [4.78, 5) is 0. The Balaban J connectivity index is 2.31. The Kier molecular flexibility index (Phi) is 5.01. The van der Waals surface area contributed by atoms with Crippen LogP contribution in [0.2, 0.25) is 5.02 Å². The van der Waals surface area contributed by atoms with Gasteiger partial charge in [-0.3, -0.25) is 4.68 Å². The fourth-order valence-electron chi connectivity index (χ4n) is 2.71. The Bertz CT molecular complexity index is 637. The number of aromatic nitrogens is 2. The maximum atomic E-state index is 13.9. The molecule has 1 heterocycles. The van der Waals surface area contributed by atoms with E-state index in [0.717, 1.165) is 17.9 Å². The van der Waals surface area contributed by atoms with Crippen LogP contribution in [-0.2, 0) is 6.54 Å². The van der Waals surface area contributed by atoms with Crippen LogP contribution in [0.1, 0.15) is 42.4 Å². The summed E-state index contributed by atoms with van der Waals surface area (Å²) >= 11 is 5.79. The number of hydrogen-bond acceptors (Lipinski definition) is 2. The predicted octanol–water partition coefficient (Wildman–Crippen LogP) is 4.01. The van der Waals surface area contributed by atoms with Gasteiger partial charge in [0.05, 0.1) is 12.2 Å². The van der Waals surface area contributed by atoms with E-state index in [1.165, 1.54) is 11.6 Å². The highest BCUT2D eigenvalue weighted by atomic mass is 35.5. The first-order valence-electron chi connectivity index (χ1n) is 7.15. The summed E-state index contributed by atoms with van der Waals surface area (Å²) in [5.41, 5.74) is 3.82. The van der Waals surface area contributed by atoms with E-state index in [-0.39, 0.29) is 11.9 Å². The van der Waals surface area contributed by atoms with Crippen molar-refractivity contribution >= 4 is 11.6 Å². The molecule has 2 aromatic rings. The monoisotopic (exact) mass is 309 g/mol. The van der Waals surface area contributed by atoms with Crippen LogP contribution in [0.5, 0.6) is 0 Å². The Morgan fingerprint density at radius 1 is 1.38 bits per heavy atom. The minimum atomic E-state index is -0.295. The molecule has 5 heteroatoms. The van der Waals surface area contributed by atoms with Gasteiger partial charge in [0.1, 0.15) is 5.82 Å². The lowest BCUT2D eigenvalue weighted by atomic mass is 10.1. The summed E-state index contributed by atoms with van der Waals surface area (Å²) in [7, 11) is 0. The second-order valence-electron chi connectivity index (χ2n) is 5.26. The number of halogens is 2. The Morgan fingerprint density at radius 3 is 2.71 bits per heavy atom. The minimum Gasteiger partial charge on any atom is -0.310 e. The van der Waals surface area contributed by atoms with Gasteiger partial charge in [0.15, 0.2) is 0 Å². The first-order chi connectivity index (χ1) is 9.93. The Labute approximate surface area is 130 Å². The molecule has 1 atom stereocenters. The number of hydrogen-bond donors (Lipinski definition) is 1. The summed E-state index contributed by atoms with van der Waals surface area (Å²) in [6.07, 6.45) is 0. The lowest BCUT2D eigenvalue weighted by Gasteiger charge is -2.13. The third-order valence-corrected chi connectivity index (χ3v) is 3.95. The molecular formula is C16H21ClFN3. The van der Waals surface area contributed by atoms with Gasteiger partial charge in [0.2, 0.25) is 0 Å².